The van der Waals surface area contributed by atoms with Crippen LogP contribution in [0.25, 0.3) is 0 Å². The van der Waals surface area contributed by atoms with Gasteiger partial charge in [0.2, 0.25) is 5.91 Å². The Labute approximate surface area is 91.8 Å². The Balaban J connectivity index is 2.18. The van der Waals surface area contributed by atoms with E-state index in [2.05, 4.69) is 6.92 Å². The van der Waals surface area contributed by atoms with Crippen LogP contribution in [0, 0.1) is 17.8 Å². The van der Waals surface area contributed by atoms with Crippen molar-refractivity contribution < 1.29 is 9.53 Å². The summed E-state index contributed by atoms with van der Waals surface area (Å²) in [5.41, 5.74) is 0. The minimum atomic E-state index is 0.0373. The zero-order valence-corrected chi connectivity index (χ0v) is 9.90. The van der Waals surface area contributed by atoms with E-state index in [4.69, 9.17) is 4.74 Å². The van der Waals surface area contributed by atoms with Crippen LogP contribution in [0.2, 0.25) is 0 Å². The molecule has 1 aliphatic heterocycles. The van der Waals surface area contributed by atoms with Crippen LogP contribution in [0.1, 0.15) is 33.1 Å². The molecule has 3 nitrogen and oxygen atoms in total. The molecule has 2 aliphatic rings. The molecule has 0 N–H and O–H groups in total. The molecule has 0 aromatic heterocycles. The molecule has 1 heterocycles. The predicted molar refractivity (Wildman–Crippen MR) is 58.2 cm³/mol. The Hall–Kier alpha value is -0.570. The van der Waals surface area contributed by atoms with Crippen LogP contribution in [0.5, 0.6) is 0 Å². The Morgan fingerprint density at radius 3 is 2.87 bits per heavy atom. The van der Waals surface area contributed by atoms with Crippen LogP contribution in [-0.2, 0) is 9.53 Å². The minimum absolute atomic E-state index is 0.0373. The van der Waals surface area contributed by atoms with Crippen molar-refractivity contribution in [2.75, 3.05) is 13.7 Å². The highest BCUT2D eigenvalue weighted by molar-refractivity contribution is 5.82. The fraction of sp³-hybridized carbons (Fsp3) is 0.917. The van der Waals surface area contributed by atoms with Gasteiger partial charge in [-0.2, -0.15) is 0 Å². The molecule has 0 aromatic rings. The van der Waals surface area contributed by atoms with Crippen LogP contribution in [-0.4, -0.2) is 30.7 Å². The molecular formula is C12H21NO2. The van der Waals surface area contributed by atoms with Gasteiger partial charge < -0.3 is 9.64 Å². The lowest BCUT2D eigenvalue weighted by molar-refractivity contribution is -0.136. The SMILES string of the molecule is CCO[C@H]1[C@H]2CCC[C@@H](C)[C@H]2C(=O)N1C. The first-order valence-corrected chi connectivity index (χ1v) is 6.05. The second kappa shape index (κ2) is 4.12. The van der Waals surface area contributed by atoms with Crippen molar-refractivity contribution in [3.05, 3.63) is 0 Å². The van der Waals surface area contributed by atoms with Gasteiger partial charge in [0.1, 0.15) is 6.23 Å². The normalized spacial score (nSPS) is 40.7. The summed E-state index contributed by atoms with van der Waals surface area (Å²) < 4.78 is 5.71. The molecule has 4 atom stereocenters. The van der Waals surface area contributed by atoms with Gasteiger partial charge >= 0.3 is 0 Å². The number of hydrogen-bond donors (Lipinski definition) is 0. The van der Waals surface area contributed by atoms with Crippen LogP contribution in [0.4, 0.5) is 0 Å². The van der Waals surface area contributed by atoms with Crippen LogP contribution in [0.3, 0.4) is 0 Å². The van der Waals surface area contributed by atoms with Gasteiger partial charge in [-0.1, -0.05) is 13.3 Å². The van der Waals surface area contributed by atoms with Gasteiger partial charge in [-0.25, -0.2) is 0 Å². The average molecular weight is 211 g/mol. The molecule has 86 valence electrons. The molecule has 2 rings (SSSR count). The molecule has 1 aliphatic carbocycles. The molecule has 1 saturated carbocycles. The van der Waals surface area contributed by atoms with E-state index in [1.807, 2.05) is 18.9 Å². The van der Waals surface area contributed by atoms with E-state index < -0.39 is 0 Å². The second-order valence-electron chi connectivity index (χ2n) is 4.89. The summed E-state index contributed by atoms with van der Waals surface area (Å²) in [6.07, 6.45) is 3.62. The fourth-order valence-corrected chi connectivity index (χ4v) is 3.26. The Morgan fingerprint density at radius 1 is 1.47 bits per heavy atom. The smallest absolute Gasteiger partial charge is 0.228 e. The number of nitrogens with zero attached hydrogens (tertiary/aromatic N) is 1. The van der Waals surface area contributed by atoms with E-state index in [9.17, 15) is 4.79 Å². The summed E-state index contributed by atoms with van der Waals surface area (Å²) >= 11 is 0. The number of likely N-dealkylation sites (tertiary alicyclic amines) is 1. The van der Waals surface area contributed by atoms with Crippen molar-refractivity contribution in [2.24, 2.45) is 17.8 Å². The molecule has 0 radical (unpaired) electrons. The lowest BCUT2D eigenvalue weighted by Crippen LogP contribution is -2.34. The number of carbonyl (C=O) groups is 1. The van der Waals surface area contributed by atoms with E-state index in [0.29, 0.717) is 24.3 Å². The molecule has 15 heavy (non-hydrogen) atoms. The van der Waals surface area contributed by atoms with E-state index in [1.54, 1.807) is 0 Å². The summed E-state index contributed by atoms with van der Waals surface area (Å²) in [5.74, 6) is 1.49. The van der Waals surface area contributed by atoms with Gasteiger partial charge in [-0.05, 0) is 25.7 Å². The summed E-state index contributed by atoms with van der Waals surface area (Å²) in [6.45, 7) is 4.90. The van der Waals surface area contributed by atoms with Crippen LogP contribution >= 0.6 is 0 Å². The van der Waals surface area contributed by atoms with Gasteiger partial charge in [0.15, 0.2) is 0 Å². The summed E-state index contributed by atoms with van der Waals surface area (Å²) in [5, 5.41) is 0. The molecular weight excluding hydrogens is 190 g/mol. The summed E-state index contributed by atoms with van der Waals surface area (Å²) in [7, 11) is 1.88. The molecule has 0 aromatic carbocycles. The van der Waals surface area contributed by atoms with Gasteiger partial charge in [-0.15, -0.1) is 0 Å². The maximum atomic E-state index is 12.1. The van der Waals surface area contributed by atoms with E-state index >= 15 is 0 Å². The summed E-state index contributed by atoms with van der Waals surface area (Å²) in [4.78, 5) is 13.9. The molecule has 1 saturated heterocycles. The maximum Gasteiger partial charge on any atom is 0.228 e. The van der Waals surface area contributed by atoms with Crippen molar-refractivity contribution in [1.82, 2.24) is 4.90 Å². The van der Waals surface area contributed by atoms with E-state index in [-0.39, 0.29) is 12.1 Å². The van der Waals surface area contributed by atoms with Crippen molar-refractivity contribution in [3.8, 4) is 0 Å². The third-order valence-electron chi connectivity index (χ3n) is 3.99. The van der Waals surface area contributed by atoms with Crippen molar-refractivity contribution in [3.63, 3.8) is 0 Å². The first-order valence-electron chi connectivity index (χ1n) is 6.05. The molecule has 0 bridgehead atoms. The fourth-order valence-electron chi connectivity index (χ4n) is 3.26. The average Bonchev–Trinajstić information content (AvgIpc) is 2.45. The van der Waals surface area contributed by atoms with Crippen LogP contribution < -0.4 is 0 Å². The largest absolute Gasteiger partial charge is 0.358 e. The molecule has 3 heteroatoms. The van der Waals surface area contributed by atoms with E-state index in [0.717, 1.165) is 6.42 Å². The lowest BCUT2D eigenvalue weighted by Gasteiger charge is -2.31. The summed E-state index contributed by atoms with van der Waals surface area (Å²) in [6, 6.07) is 0. The number of ether oxygens (including phenoxy) is 1. The standard InChI is InChI=1S/C12H21NO2/c1-4-15-12-9-7-5-6-8(2)10(9)11(14)13(12)3/h8-10,12H,4-7H2,1-3H3/t8-,9+,10-,12+/m1/s1. The van der Waals surface area contributed by atoms with Crippen molar-refractivity contribution in [2.45, 2.75) is 39.3 Å². The first kappa shape index (κ1) is 10.9. The quantitative estimate of drug-likeness (QED) is 0.698. The van der Waals surface area contributed by atoms with Gasteiger partial charge in [-0.3, -0.25) is 4.79 Å². The molecule has 1 amide bonds. The zero-order chi connectivity index (χ0) is 11.0. The van der Waals surface area contributed by atoms with Gasteiger partial charge in [0, 0.05) is 25.5 Å². The number of hydrogen-bond acceptors (Lipinski definition) is 2. The second-order valence-corrected chi connectivity index (χ2v) is 4.89. The molecule has 0 unspecified atom stereocenters. The van der Waals surface area contributed by atoms with Crippen molar-refractivity contribution in [1.29, 1.82) is 0 Å². The number of amides is 1. The Morgan fingerprint density at radius 2 is 2.20 bits per heavy atom. The predicted octanol–water partition coefficient (Wildman–Crippen LogP) is 1.87. The Bertz CT molecular complexity index is 254. The van der Waals surface area contributed by atoms with E-state index in [1.165, 1.54) is 12.8 Å². The third kappa shape index (κ3) is 1.67. The zero-order valence-electron chi connectivity index (χ0n) is 9.90. The third-order valence-corrected chi connectivity index (χ3v) is 3.99. The number of carbonyl (C=O) groups excluding carboxylic acids is 1. The van der Waals surface area contributed by atoms with Gasteiger partial charge in [0.25, 0.3) is 0 Å². The maximum absolute atomic E-state index is 12.1. The van der Waals surface area contributed by atoms with Crippen molar-refractivity contribution >= 4 is 5.91 Å². The highest BCUT2D eigenvalue weighted by Crippen LogP contribution is 2.43. The molecule has 0 spiro atoms. The Kier molecular flexibility index (Phi) is 3.01. The monoisotopic (exact) mass is 211 g/mol. The minimum Gasteiger partial charge on any atom is -0.358 e. The highest BCUT2D eigenvalue weighted by Gasteiger charge is 2.50. The number of fused-ring (bicyclic) bond motifs is 1. The first-order chi connectivity index (χ1) is 7.16. The highest BCUT2D eigenvalue weighted by atomic mass is 16.5. The van der Waals surface area contributed by atoms with Crippen LogP contribution in [0.15, 0.2) is 0 Å². The lowest BCUT2D eigenvalue weighted by atomic mass is 9.74. The molecule has 2 fully saturated rings. The van der Waals surface area contributed by atoms with Gasteiger partial charge in [0.05, 0.1) is 0 Å². The number of rotatable bonds is 2. The topological polar surface area (TPSA) is 29.5 Å².